The molecular formula is C13H20BrNO2. The molecule has 0 aliphatic carbocycles. The number of unbranched alkanes of at least 4 members (excludes halogenated alkanes) is 1. The summed E-state index contributed by atoms with van der Waals surface area (Å²) in [5.74, 6) is 0.926. The van der Waals surface area contributed by atoms with E-state index >= 15 is 0 Å². The minimum atomic E-state index is 0.635. The van der Waals surface area contributed by atoms with Gasteiger partial charge in [0.05, 0.1) is 11.1 Å². The number of benzene rings is 1. The van der Waals surface area contributed by atoms with Gasteiger partial charge in [0.1, 0.15) is 5.75 Å². The van der Waals surface area contributed by atoms with Gasteiger partial charge in [0.15, 0.2) is 0 Å². The lowest BCUT2D eigenvalue weighted by Gasteiger charge is -2.12. The van der Waals surface area contributed by atoms with Crippen LogP contribution in [0.25, 0.3) is 0 Å². The molecule has 4 heteroatoms. The highest BCUT2D eigenvalue weighted by Crippen LogP contribution is 2.29. The number of methoxy groups -OCH3 is 1. The summed E-state index contributed by atoms with van der Waals surface area (Å²) in [6.45, 7) is 2.13. The average molecular weight is 302 g/mol. The third-order valence-electron chi connectivity index (χ3n) is 2.45. The standard InChI is InChI=1S/C13H20BrNO2/c1-16-9-2-3-10-17-13-11(7-8-15)5-4-6-12(13)14/h4-6H,2-3,7-10,15H2,1H3. The molecule has 1 rings (SSSR count). The van der Waals surface area contributed by atoms with Crippen LogP contribution in [0.2, 0.25) is 0 Å². The van der Waals surface area contributed by atoms with E-state index in [1.54, 1.807) is 7.11 Å². The Balaban J connectivity index is 2.50. The Kier molecular flexibility index (Phi) is 7.24. The summed E-state index contributed by atoms with van der Waals surface area (Å²) in [5.41, 5.74) is 6.75. The number of halogens is 1. The van der Waals surface area contributed by atoms with E-state index in [9.17, 15) is 0 Å². The molecule has 96 valence electrons. The third-order valence-corrected chi connectivity index (χ3v) is 3.08. The van der Waals surface area contributed by atoms with E-state index in [2.05, 4.69) is 22.0 Å². The lowest BCUT2D eigenvalue weighted by Crippen LogP contribution is -2.07. The number of ether oxygens (including phenoxy) is 2. The molecule has 0 saturated carbocycles. The third kappa shape index (κ3) is 5.06. The zero-order chi connectivity index (χ0) is 12.5. The van der Waals surface area contributed by atoms with Crippen molar-refractivity contribution in [3.63, 3.8) is 0 Å². The number of para-hydroxylation sites is 1. The van der Waals surface area contributed by atoms with Crippen LogP contribution in [0.5, 0.6) is 5.75 Å². The van der Waals surface area contributed by atoms with Gasteiger partial charge in [0.2, 0.25) is 0 Å². The van der Waals surface area contributed by atoms with Crippen molar-refractivity contribution in [2.75, 3.05) is 26.9 Å². The Morgan fingerprint density at radius 1 is 1.24 bits per heavy atom. The maximum Gasteiger partial charge on any atom is 0.136 e. The lowest BCUT2D eigenvalue weighted by molar-refractivity contribution is 0.184. The van der Waals surface area contributed by atoms with Gasteiger partial charge in [-0.05, 0) is 53.4 Å². The molecule has 17 heavy (non-hydrogen) atoms. The molecule has 0 aliphatic heterocycles. The predicted molar refractivity (Wildman–Crippen MR) is 73.5 cm³/mol. The molecule has 0 bridgehead atoms. The van der Waals surface area contributed by atoms with Gasteiger partial charge in [0, 0.05) is 13.7 Å². The van der Waals surface area contributed by atoms with Gasteiger partial charge in [-0.2, -0.15) is 0 Å². The number of hydrogen-bond acceptors (Lipinski definition) is 3. The van der Waals surface area contributed by atoms with Crippen LogP contribution >= 0.6 is 15.9 Å². The molecule has 0 aromatic heterocycles. The molecule has 1 aromatic rings. The predicted octanol–water partition coefficient (Wildman–Crippen LogP) is 2.76. The molecule has 0 unspecified atom stereocenters. The van der Waals surface area contributed by atoms with Crippen molar-refractivity contribution >= 4 is 15.9 Å². The first-order chi connectivity index (χ1) is 8.29. The van der Waals surface area contributed by atoms with Crippen molar-refractivity contribution in [3.8, 4) is 5.75 Å². The molecule has 0 heterocycles. The quantitative estimate of drug-likeness (QED) is 0.751. The van der Waals surface area contributed by atoms with Gasteiger partial charge >= 0.3 is 0 Å². The zero-order valence-corrected chi connectivity index (χ0v) is 11.8. The van der Waals surface area contributed by atoms with Gasteiger partial charge in [-0.3, -0.25) is 0 Å². The topological polar surface area (TPSA) is 44.5 Å². The Hall–Kier alpha value is -0.580. The highest BCUT2D eigenvalue weighted by molar-refractivity contribution is 9.10. The van der Waals surface area contributed by atoms with Gasteiger partial charge in [-0.25, -0.2) is 0 Å². The molecule has 2 N–H and O–H groups in total. The molecule has 0 aliphatic rings. The van der Waals surface area contributed by atoms with Gasteiger partial charge < -0.3 is 15.2 Å². The fourth-order valence-electron chi connectivity index (χ4n) is 1.59. The molecule has 0 saturated heterocycles. The Morgan fingerprint density at radius 3 is 2.71 bits per heavy atom. The van der Waals surface area contributed by atoms with E-state index in [0.717, 1.165) is 41.7 Å². The van der Waals surface area contributed by atoms with Crippen molar-refractivity contribution in [2.24, 2.45) is 5.73 Å². The number of nitrogens with two attached hydrogens (primary N) is 1. The van der Waals surface area contributed by atoms with Crippen molar-refractivity contribution in [1.82, 2.24) is 0 Å². The van der Waals surface area contributed by atoms with E-state index < -0.39 is 0 Å². The molecule has 0 radical (unpaired) electrons. The molecule has 1 aromatic carbocycles. The second-order valence-electron chi connectivity index (χ2n) is 3.82. The lowest BCUT2D eigenvalue weighted by atomic mass is 10.1. The zero-order valence-electron chi connectivity index (χ0n) is 10.2. The highest BCUT2D eigenvalue weighted by Gasteiger charge is 2.07. The van der Waals surface area contributed by atoms with Crippen molar-refractivity contribution < 1.29 is 9.47 Å². The van der Waals surface area contributed by atoms with Crippen molar-refractivity contribution in [1.29, 1.82) is 0 Å². The van der Waals surface area contributed by atoms with Gasteiger partial charge in [0.25, 0.3) is 0 Å². The summed E-state index contributed by atoms with van der Waals surface area (Å²) in [5, 5.41) is 0. The number of rotatable bonds is 8. The number of hydrogen-bond donors (Lipinski definition) is 1. The normalized spacial score (nSPS) is 10.5. The van der Waals surface area contributed by atoms with Crippen LogP contribution in [0.4, 0.5) is 0 Å². The van der Waals surface area contributed by atoms with Crippen LogP contribution in [0.15, 0.2) is 22.7 Å². The van der Waals surface area contributed by atoms with Crippen LogP contribution in [-0.4, -0.2) is 26.9 Å². The van der Waals surface area contributed by atoms with Crippen LogP contribution in [0, 0.1) is 0 Å². The molecule has 0 atom stereocenters. The van der Waals surface area contributed by atoms with Crippen LogP contribution in [0.1, 0.15) is 18.4 Å². The Morgan fingerprint density at radius 2 is 2.00 bits per heavy atom. The van der Waals surface area contributed by atoms with E-state index in [4.69, 9.17) is 15.2 Å². The van der Waals surface area contributed by atoms with E-state index in [0.29, 0.717) is 13.2 Å². The SMILES string of the molecule is COCCCCOc1c(Br)cccc1CCN. The minimum absolute atomic E-state index is 0.635. The first-order valence-corrected chi connectivity index (χ1v) is 6.68. The maximum atomic E-state index is 5.81. The molecule has 3 nitrogen and oxygen atoms in total. The first kappa shape index (κ1) is 14.5. The molecule has 0 amide bonds. The monoisotopic (exact) mass is 301 g/mol. The summed E-state index contributed by atoms with van der Waals surface area (Å²) in [4.78, 5) is 0. The summed E-state index contributed by atoms with van der Waals surface area (Å²) < 4.78 is 11.8. The fourth-order valence-corrected chi connectivity index (χ4v) is 2.11. The van der Waals surface area contributed by atoms with Crippen LogP contribution < -0.4 is 10.5 Å². The molecule has 0 fully saturated rings. The summed E-state index contributed by atoms with van der Waals surface area (Å²) in [6, 6.07) is 6.06. The van der Waals surface area contributed by atoms with Gasteiger partial charge in [-0.1, -0.05) is 12.1 Å². The minimum Gasteiger partial charge on any atom is -0.492 e. The van der Waals surface area contributed by atoms with Gasteiger partial charge in [-0.15, -0.1) is 0 Å². The Bertz CT molecular complexity index is 331. The van der Waals surface area contributed by atoms with E-state index in [1.807, 2.05) is 12.1 Å². The van der Waals surface area contributed by atoms with Crippen molar-refractivity contribution in [3.05, 3.63) is 28.2 Å². The summed E-state index contributed by atoms with van der Waals surface area (Å²) >= 11 is 3.51. The molecular weight excluding hydrogens is 282 g/mol. The smallest absolute Gasteiger partial charge is 0.136 e. The fraction of sp³-hybridized carbons (Fsp3) is 0.538. The summed E-state index contributed by atoms with van der Waals surface area (Å²) in [6.07, 6.45) is 2.86. The largest absolute Gasteiger partial charge is 0.492 e. The van der Waals surface area contributed by atoms with Crippen LogP contribution in [0.3, 0.4) is 0 Å². The highest BCUT2D eigenvalue weighted by atomic mass is 79.9. The van der Waals surface area contributed by atoms with E-state index in [-0.39, 0.29) is 0 Å². The van der Waals surface area contributed by atoms with Crippen molar-refractivity contribution in [2.45, 2.75) is 19.3 Å². The average Bonchev–Trinajstić information content (AvgIpc) is 2.32. The Labute approximate surface area is 111 Å². The second kappa shape index (κ2) is 8.50. The summed E-state index contributed by atoms with van der Waals surface area (Å²) in [7, 11) is 1.72. The molecule has 0 spiro atoms. The van der Waals surface area contributed by atoms with Crippen LogP contribution in [-0.2, 0) is 11.2 Å². The van der Waals surface area contributed by atoms with E-state index in [1.165, 1.54) is 0 Å². The second-order valence-corrected chi connectivity index (χ2v) is 4.67. The maximum absolute atomic E-state index is 5.81. The first-order valence-electron chi connectivity index (χ1n) is 5.88.